The van der Waals surface area contributed by atoms with E-state index in [2.05, 4.69) is 28.9 Å². The summed E-state index contributed by atoms with van der Waals surface area (Å²) in [6.07, 6.45) is 0.662. The minimum atomic E-state index is -0.950. The second-order valence-corrected chi connectivity index (χ2v) is 6.71. The van der Waals surface area contributed by atoms with Gasteiger partial charge in [0, 0.05) is 22.7 Å². The van der Waals surface area contributed by atoms with Crippen LogP contribution in [0, 0.1) is 5.82 Å². The maximum absolute atomic E-state index is 13.1. The summed E-state index contributed by atoms with van der Waals surface area (Å²) in [5.74, 6) is 0.164. The molecule has 1 atom stereocenters. The minimum absolute atomic E-state index is 0.00242. The van der Waals surface area contributed by atoms with E-state index < -0.39 is 12.0 Å². The molecule has 0 radical (unpaired) electrons. The van der Waals surface area contributed by atoms with Crippen molar-refractivity contribution in [2.75, 3.05) is 10.0 Å². The number of anilines is 2. The van der Waals surface area contributed by atoms with Crippen molar-refractivity contribution in [3.8, 4) is 0 Å². The molecule has 3 N–H and O–H groups in total. The number of aliphatic hydroxyl groups excluding tert-OH is 1. The van der Waals surface area contributed by atoms with Crippen molar-refractivity contribution in [1.29, 1.82) is 0 Å². The van der Waals surface area contributed by atoms with Gasteiger partial charge in [-0.05, 0) is 42.3 Å². The van der Waals surface area contributed by atoms with Gasteiger partial charge in [0.25, 0.3) is 0 Å². The minimum Gasteiger partial charge on any atom is -0.369 e. The third-order valence-corrected chi connectivity index (χ3v) is 3.81. The fourth-order valence-electron chi connectivity index (χ4n) is 1.68. The Labute approximate surface area is 138 Å². The topological polar surface area (TPSA) is 57.2 Å². The smallest absolute Gasteiger partial charge is 0.151 e. The van der Waals surface area contributed by atoms with Gasteiger partial charge in [0.2, 0.25) is 0 Å². The first-order valence-electron chi connectivity index (χ1n) is 6.73. The van der Waals surface area contributed by atoms with Crippen molar-refractivity contribution in [1.82, 2.24) is 4.98 Å². The first kappa shape index (κ1) is 16.9. The van der Waals surface area contributed by atoms with Crippen LogP contribution in [0.15, 0.2) is 36.5 Å². The van der Waals surface area contributed by atoms with Gasteiger partial charge in [-0.1, -0.05) is 25.4 Å². The molecular weight excluding hydrogens is 325 g/mol. The Morgan fingerprint density at radius 3 is 2.73 bits per heavy atom. The van der Waals surface area contributed by atoms with Gasteiger partial charge >= 0.3 is 0 Å². The fourth-order valence-corrected chi connectivity index (χ4v) is 2.33. The van der Waals surface area contributed by atoms with Crippen molar-refractivity contribution in [3.05, 3.63) is 52.9 Å². The second kappa shape index (κ2) is 7.67. The van der Waals surface area contributed by atoms with Crippen LogP contribution in [-0.4, -0.2) is 15.3 Å². The lowest BCUT2D eigenvalue weighted by Crippen LogP contribution is -2.10. The molecule has 1 heterocycles. The van der Waals surface area contributed by atoms with Gasteiger partial charge in [0.1, 0.15) is 11.6 Å². The van der Waals surface area contributed by atoms with Gasteiger partial charge in [0.15, 0.2) is 6.23 Å². The van der Waals surface area contributed by atoms with E-state index in [-0.39, 0.29) is 5.02 Å². The zero-order chi connectivity index (χ0) is 16.1. The third kappa shape index (κ3) is 4.76. The Balaban J connectivity index is 2.06. The number of benzene rings is 1. The van der Waals surface area contributed by atoms with E-state index in [0.717, 1.165) is 0 Å². The number of halogens is 2. The Morgan fingerprint density at radius 2 is 2.05 bits per heavy atom. The molecule has 1 aromatic carbocycles. The van der Waals surface area contributed by atoms with Crippen LogP contribution in [0.4, 0.5) is 15.9 Å². The molecule has 2 rings (SSSR count). The predicted octanol–water partition coefficient (Wildman–Crippen LogP) is 4.45. The summed E-state index contributed by atoms with van der Waals surface area (Å²) in [5, 5.41) is 13.5. The van der Waals surface area contributed by atoms with Gasteiger partial charge in [-0.25, -0.2) is 9.37 Å². The molecule has 0 spiro atoms. The number of nitrogens with zero attached hydrogens (tertiary/aromatic N) is 1. The van der Waals surface area contributed by atoms with Crippen LogP contribution in [0.5, 0.6) is 0 Å². The summed E-state index contributed by atoms with van der Waals surface area (Å²) in [5.41, 5.74) is 1.17. The van der Waals surface area contributed by atoms with Crippen molar-refractivity contribution < 1.29 is 9.50 Å². The predicted molar refractivity (Wildman–Crippen MR) is 90.6 cm³/mol. The molecule has 1 unspecified atom stereocenters. The van der Waals surface area contributed by atoms with Gasteiger partial charge < -0.3 is 15.1 Å². The lowest BCUT2D eigenvalue weighted by molar-refractivity contribution is 0.208. The molecule has 0 fully saturated rings. The molecule has 118 valence electrons. The van der Waals surface area contributed by atoms with Crippen molar-refractivity contribution in [3.63, 3.8) is 0 Å². The fraction of sp³-hybridized carbons (Fsp3) is 0.267. The monoisotopic (exact) mass is 341 g/mol. The van der Waals surface area contributed by atoms with Crippen LogP contribution in [0.25, 0.3) is 0 Å². The summed E-state index contributed by atoms with van der Waals surface area (Å²) >= 11 is 7.26. The molecule has 7 heteroatoms. The Morgan fingerprint density at radius 1 is 1.27 bits per heavy atom. The van der Waals surface area contributed by atoms with Crippen molar-refractivity contribution in [2.45, 2.75) is 25.3 Å². The highest BCUT2D eigenvalue weighted by Gasteiger charge is 2.10. The lowest BCUT2D eigenvalue weighted by Gasteiger charge is -2.16. The molecule has 2 aromatic rings. The van der Waals surface area contributed by atoms with E-state index in [1.807, 2.05) is 0 Å². The SMILES string of the molecule is CC(C)SNc1cc(C(O)Nc2ccc(F)c(Cl)c2)ccn1. The van der Waals surface area contributed by atoms with Gasteiger partial charge in [-0.15, -0.1) is 0 Å². The van der Waals surface area contributed by atoms with E-state index in [4.69, 9.17) is 11.6 Å². The van der Waals surface area contributed by atoms with Crippen LogP contribution in [0.2, 0.25) is 5.02 Å². The third-order valence-electron chi connectivity index (χ3n) is 2.72. The normalized spacial score (nSPS) is 12.3. The number of pyridine rings is 1. The highest BCUT2D eigenvalue weighted by atomic mass is 35.5. The molecule has 4 nitrogen and oxygen atoms in total. The summed E-state index contributed by atoms with van der Waals surface area (Å²) in [7, 11) is 0. The highest BCUT2D eigenvalue weighted by molar-refractivity contribution is 8.01. The van der Waals surface area contributed by atoms with Gasteiger partial charge in [-0.2, -0.15) is 0 Å². The van der Waals surface area contributed by atoms with Crippen molar-refractivity contribution >= 4 is 35.1 Å². The quantitative estimate of drug-likeness (QED) is 0.535. The maximum atomic E-state index is 13.1. The van der Waals surface area contributed by atoms with Gasteiger partial charge in [-0.3, -0.25) is 0 Å². The number of hydrogen-bond donors (Lipinski definition) is 3. The first-order valence-corrected chi connectivity index (χ1v) is 7.98. The first-order chi connectivity index (χ1) is 10.5. The summed E-state index contributed by atoms with van der Waals surface area (Å²) in [6.45, 7) is 4.13. The Bertz CT molecular complexity index is 642. The molecular formula is C15H17ClFN3OS. The largest absolute Gasteiger partial charge is 0.369 e. The number of rotatable bonds is 6. The maximum Gasteiger partial charge on any atom is 0.151 e. The van der Waals surface area contributed by atoms with E-state index >= 15 is 0 Å². The summed E-state index contributed by atoms with van der Waals surface area (Å²) < 4.78 is 16.2. The van der Waals surface area contributed by atoms with Crippen LogP contribution >= 0.6 is 23.5 Å². The standard InChI is InChI=1S/C15H17ClFN3OS/c1-9(2)22-20-14-7-10(5-6-18-14)15(21)19-11-3-4-13(17)12(16)8-11/h3-9,15,19,21H,1-2H3,(H,18,20). The average Bonchev–Trinajstić information content (AvgIpc) is 2.49. The van der Waals surface area contributed by atoms with E-state index in [1.54, 1.807) is 18.3 Å². The molecule has 0 aliphatic carbocycles. The second-order valence-electron chi connectivity index (χ2n) is 4.92. The van der Waals surface area contributed by atoms with Crippen LogP contribution in [0.1, 0.15) is 25.6 Å². The summed E-state index contributed by atoms with van der Waals surface area (Å²) in [6, 6.07) is 7.64. The number of hydrogen-bond acceptors (Lipinski definition) is 5. The Kier molecular flexibility index (Phi) is 5.88. The van der Waals surface area contributed by atoms with Crippen LogP contribution in [-0.2, 0) is 0 Å². The molecule has 22 heavy (non-hydrogen) atoms. The summed E-state index contributed by atoms with van der Waals surface area (Å²) in [4.78, 5) is 4.18. The zero-order valence-corrected chi connectivity index (χ0v) is 13.7. The Hall–Kier alpha value is -1.50. The van der Waals surface area contributed by atoms with Crippen LogP contribution < -0.4 is 10.0 Å². The molecule has 1 aromatic heterocycles. The highest BCUT2D eigenvalue weighted by Crippen LogP contribution is 2.24. The zero-order valence-electron chi connectivity index (χ0n) is 12.2. The van der Waals surface area contributed by atoms with Crippen LogP contribution in [0.3, 0.4) is 0 Å². The number of nitrogens with one attached hydrogen (secondary N) is 2. The van der Waals surface area contributed by atoms with E-state index in [1.165, 1.54) is 30.1 Å². The molecule has 0 aliphatic heterocycles. The van der Waals surface area contributed by atoms with E-state index in [9.17, 15) is 9.50 Å². The molecule has 0 amide bonds. The average molecular weight is 342 g/mol. The van der Waals surface area contributed by atoms with Gasteiger partial charge in [0.05, 0.1) is 5.02 Å². The molecule has 0 bridgehead atoms. The van der Waals surface area contributed by atoms with Crippen molar-refractivity contribution in [2.24, 2.45) is 0 Å². The lowest BCUT2D eigenvalue weighted by atomic mass is 10.2. The van der Waals surface area contributed by atoms with E-state index in [0.29, 0.717) is 22.3 Å². The molecule has 0 aliphatic rings. The molecule has 0 saturated carbocycles. The number of aromatic nitrogens is 1. The number of aliphatic hydroxyl groups is 1. The molecule has 0 saturated heterocycles.